The molecule has 1 heterocycles. The second-order valence-electron chi connectivity index (χ2n) is 7.90. The average molecular weight is 316 g/mol. The molecular formula is C21H33NO. The first-order valence-electron chi connectivity index (χ1n) is 9.69. The Balaban J connectivity index is 1.70. The van der Waals surface area contributed by atoms with Gasteiger partial charge in [0.05, 0.1) is 5.60 Å². The maximum Gasteiger partial charge on any atom is 0.0936 e. The molecule has 0 bridgehead atoms. The Hall–Kier alpha value is -0.860. The highest BCUT2D eigenvalue weighted by Crippen LogP contribution is 2.41. The van der Waals surface area contributed by atoms with Crippen molar-refractivity contribution in [1.29, 1.82) is 0 Å². The van der Waals surface area contributed by atoms with Crippen LogP contribution in [-0.4, -0.2) is 29.6 Å². The lowest BCUT2D eigenvalue weighted by Gasteiger charge is -2.41. The zero-order chi connectivity index (χ0) is 16.1. The van der Waals surface area contributed by atoms with E-state index in [1.165, 1.54) is 58.0 Å². The number of likely N-dealkylation sites (tertiary alicyclic amines) is 1. The summed E-state index contributed by atoms with van der Waals surface area (Å²) in [6, 6.07) is 10.5. The van der Waals surface area contributed by atoms with Gasteiger partial charge in [-0.2, -0.15) is 0 Å². The molecule has 0 radical (unpaired) electrons. The van der Waals surface area contributed by atoms with Gasteiger partial charge < -0.3 is 10.0 Å². The molecule has 1 aromatic carbocycles. The Morgan fingerprint density at radius 3 is 2.30 bits per heavy atom. The van der Waals surface area contributed by atoms with E-state index in [1.807, 2.05) is 0 Å². The minimum absolute atomic E-state index is 0.433. The Morgan fingerprint density at radius 1 is 1.00 bits per heavy atom. The van der Waals surface area contributed by atoms with Crippen LogP contribution in [0.25, 0.3) is 0 Å². The first kappa shape index (κ1) is 17.0. The molecule has 1 aromatic rings. The van der Waals surface area contributed by atoms with Gasteiger partial charge in [-0.05, 0) is 62.6 Å². The van der Waals surface area contributed by atoms with Gasteiger partial charge >= 0.3 is 0 Å². The highest BCUT2D eigenvalue weighted by molar-refractivity contribution is 5.23. The third-order valence-electron chi connectivity index (χ3n) is 6.24. The molecule has 2 nitrogen and oxygen atoms in total. The van der Waals surface area contributed by atoms with E-state index in [9.17, 15) is 5.11 Å². The molecule has 2 fully saturated rings. The molecule has 128 valence electrons. The number of rotatable bonds is 5. The summed E-state index contributed by atoms with van der Waals surface area (Å²) >= 11 is 0. The Labute approximate surface area is 141 Å². The van der Waals surface area contributed by atoms with Gasteiger partial charge in [0.2, 0.25) is 0 Å². The van der Waals surface area contributed by atoms with Crippen LogP contribution >= 0.6 is 0 Å². The lowest BCUT2D eigenvalue weighted by atomic mass is 9.71. The highest BCUT2D eigenvalue weighted by atomic mass is 16.3. The normalized spacial score (nSPS) is 24.4. The van der Waals surface area contributed by atoms with Crippen molar-refractivity contribution in [3.63, 3.8) is 0 Å². The van der Waals surface area contributed by atoms with Crippen LogP contribution in [0.4, 0.5) is 0 Å². The second kappa shape index (κ2) is 7.81. The van der Waals surface area contributed by atoms with Crippen molar-refractivity contribution < 1.29 is 5.11 Å². The number of nitrogens with zero attached hydrogens (tertiary/aromatic N) is 1. The van der Waals surface area contributed by atoms with E-state index < -0.39 is 5.60 Å². The SMILES string of the molecule is CC1CCN(CCC(O)(c2ccccc2)C2CCCCC2)CC1. The van der Waals surface area contributed by atoms with Gasteiger partial charge in [-0.1, -0.05) is 56.5 Å². The molecule has 2 aliphatic rings. The predicted molar refractivity (Wildman–Crippen MR) is 96.4 cm³/mol. The van der Waals surface area contributed by atoms with Crippen LogP contribution in [0.1, 0.15) is 63.9 Å². The molecule has 1 unspecified atom stereocenters. The lowest BCUT2D eigenvalue weighted by molar-refractivity contribution is -0.0534. The van der Waals surface area contributed by atoms with E-state index >= 15 is 0 Å². The van der Waals surface area contributed by atoms with Gasteiger partial charge in [-0.25, -0.2) is 0 Å². The number of piperidine rings is 1. The standard InChI is InChI=1S/C21H33NO/c1-18-12-15-22(16-13-18)17-14-21(23,19-8-4-2-5-9-19)20-10-6-3-7-11-20/h2,4-5,8-9,18,20,23H,3,6-7,10-17H2,1H3. The fourth-order valence-corrected chi connectivity index (χ4v) is 4.51. The molecule has 1 N–H and O–H groups in total. The third-order valence-corrected chi connectivity index (χ3v) is 6.24. The largest absolute Gasteiger partial charge is 0.385 e. The van der Waals surface area contributed by atoms with E-state index in [4.69, 9.17) is 0 Å². The van der Waals surface area contributed by atoms with Crippen molar-refractivity contribution in [3.05, 3.63) is 35.9 Å². The summed E-state index contributed by atoms with van der Waals surface area (Å²) in [5.41, 5.74) is 0.502. The highest BCUT2D eigenvalue weighted by Gasteiger charge is 2.38. The molecule has 1 saturated carbocycles. The van der Waals surface area contributed by atoms with Gasteiger partial charge in [-0.15, -0.1) is 0 Å². The monoisotopic (exact) mass is 315 g/mol. The Kier molecular flexibility index (Phi) is 5.76. The summed E-state index contributed by atoms with van der Waals surface area (Å²) in [6.45, 7) is 5.81. The van der Waals surface area contributed by atoms with Crippen LogP contribution < -0.4 is 0 Å². The van der Waals surface area contributed by atoms with E-state index in [0.717, 1.165) is 24.4 Å². The number of hydrogen-bond donors (Lipinski definition) is 1. The summed E-state index contributed by atoms with van der Waals surface area (Å²) in [5, 5.41) is 11.7. The summed E-state index contributed by atoms with van der Waals surface area (Å²) in [7, 11) is 0. The van der Waals surface area contributed by atoms with Crippen molar-refractivity contribution in [2.24, 2.45) is 11.8 Å². The molecule has 0 amide bonds. The van der Waals surface area contributed by atoms with Crippen LogP contribution in [-0.2, 0) is 5.60 Å². The number of hydrogen-bond acceptors (Lipinski definition) is 2. The molecule has 3 rings (SSSR count). The van der Waals surface area contributed by atoms with Gasteiger partial charge in [0, 0.05) is 6.54 Å². The number of aliphatic hydroxyl groups is 1. The van der Waals surface area contributed by atoms with Gasteiger partial charge in [0.25, 0.3) is 0 Å². The summed E-state index contributed by atoms with van der Waals surface area (Å²) < 4.78 is 0. The van der Waals surface area contributed by atoms with Crippen LogP contribution in [0.5, 0.6) is 0 Å². The minimum atomic E-state index is -0.634. The fraction of sp³-hybridized carbons (Fsp3) is 0.714. The molecule has 1 atom stereocenters. The van der Waals surface area contributed by atoms with Crippen LogP contribution in [0, 0.1) is 11.8 Å². The molecule has 0 spiro atoms. The zero-order valence-electron chi connectivity index (χ0n) is 14.7. The maximum absolute atomic E-state index is 11.7. The third kappa shape index (κ3) is 4.16. The average Bonchev–Trinajstić information content (AvgIpc) is 2.62. The van der Waals surface area contributed by atoms with Gasteiger partial charge in [-0.3, -0.25) is 0 Å². The molecule has 23 heavy (non-hydrogen) atoms. The van der Waals surface area contributed by atoms with Crippen LogP contribution in [0.15, 0.2) is 30.3 Å². The summed E-state index contributed by atoms with van der Waals surface area (Å²) in [6.07, 6.45) is 9.77. The van der Waals surface area contributed by atoms with E-state index in [-0.39, 0.29) is 0 Å². The Bertz CT molecular complexity index is 460. The smallest absolute Gasteiger partial charge is 0.0936 e. The van der Waals surface area contributed by atoms with Crippen molar-refractivity contribution >= 4 is 0 Å². The number of benzene rings is 1. The minimum Gasteiger partial charge on any atom is -0.385 e. The topological polar surface area (TPSA) is 23.5 Å². The summed E-state index contributed by atoms with van der Waals surface area (Å²) in [4.78, 5) is 2.57. The maximum atomic E-state index is 11.7. The Morgan fingerprint density at radius 2 is 1.65 bits per heavy atom. The van der Waals surface area contributed by atoms with Crippen molar-refractivity contribution in [2.75, 3.05) is 19.6 Å². The summed E-state index contributed by atoms with van der Waals surface area (Å²) in [5.74, 6) is 1.31. The van der Waals surface area contributed by atoms with Crippen LogP contribution in [0.3, 0.4) is 0 Å². The molecule has 1 aliphatic carbocycles. The van der Waals surface area contributed by atoms with E-state index in [2.05, 4.69) is 42.2 Å². The van der Waals surface area contributed by atoms with Crippen molar-refractivity contribution in [1.82, 2.24) is 4.90 Å². The van der Waals surface area contributed by atoms with E-state index in [0.29, 0.717) is 5.92 Å². The molecule has 1 aliphatic heterocycles. The molecule has 2 heteroatoms. The fourth-order valence-electron chi connectivity index (χ4n) is 4.51. The van der Waals surface area contributed by atoms with Crippen molar-refractivity contribution in [2.45, 2.75) is 63.9 Å². The molecular weight excluding hydrogens is 282 g/mol. The van der Waals surface area contributed by atoms with Crippen molar-refractivity contribution in [3.8, 4) is 0 Å². The van der Waals surface area contributed by atoms with E-state index in [1.54, 1.807) is 0 Å². The lowest BCUT2D eigenvalue weighted by Crippen LogP contribution is -2.42. The molecule has 1 saturated heterocycles. The van der Waals surface area contributed by atoms with Crippen LogP contribution in [0.2, 0.25) is 0 Å². The van der Waals surface area contributed by atoms with Gasteiger partial charge in [0.1, 0.15) is 0 Å². The first-order valence-corrected chi connectivity index (χ1v) is 9.69. The predicted octanol–water partition coefficient (Wildman–Crippen LogP) is 4.58. The first-order chi connectivity index (χ1) is 11.2. The second-order valence-corrected chi connectivity index (χ2v) is 7.90. The zero-order valence-corrected chi connectivity index (χ0v) is 14.7. The van der Waals surface area contributed by atoms with Gasteiger partial charge in [0.15, 0.2) is 0 Å². The molecule has 0 aromatic heterocycles. The quantitative estimate of drug-likeness (QED) is 0.860.